The number of nitrogens with two attached hydrogens (primary N) is 1. The highest BCUT2D eigenvalue weighted by Gasteiger charge is 2.15. The summed E-state index contributed by atoms with van der Waals surface area (Å²) in [6.45, 7) is 6.01. The minimum absolute atomic E-state index is 0.190. The summed E-state index contributed by atoms with van der Waals surface area (Å²) in [7, 11) is 0. The Labute approximate surface area is 107 Å². The van der Waals surface area contributed by atoms with Crippen LogP contribution < -0.4 is 11.1 Å². The fourth-order valence-corrected chi connectivity index (χ4v) is 1.84. The molecule has 1 rings (SSSR count). The quantitative estimate of drug-likeness (QED) is 0.868. The van der Waals surface area contributed by atoms with Crippen molar-refractivity contribution in [1.29, 1.82) is 0 Å². The molecule has 0 heterocycles. The van der Waals surface area contributed by atoms with E-state index >= 15 is 0 Å². The number of anilines is 1. The molecule has 0 aromatic heterocycles. The second kappa shape index (κ2) is 6.03. The van der Waals surface area contributed by atoms with Crippen molar-refractivity contribution >= 4 is 23.2 Å². The topological polar surface area (TPSA) is 55.1 Å². The third kappa shape index (κ3) is 4.36. The first-order valence-corrected chi connectivity index (χ1v) is 6.10. The molecule has 0 saturated heterocycles. The van der Waals surface area contributed by atoms with Gasteiger partial charge in [0.15, 0.2) is 0 Å². The van der Waals surface area contributed by atoms with Gasteiger partial charge in [-0.3, -0.25) is 4.79 Å². The molecule has 1 unspecified atom stereocenters. The molecule has 0 aliphatic carbocycles. The molecule has 0 fully saturated rings. The van der Waals surface area contributed by atoms with E-state index in [1.54, 1.807) is 6.07 Å². The summed E-state index contributed by atoms with van der Waals surface area (Å²) in [4.78, 5) is 11.8. The monoisotopic (exact) mass is 254 g/mol. The third-order valence-electron chi connectivity index (χ3n) is 2.44. The van der Waals surface area contributed by atoms with E-state index in [4.69, 9.17) is 17.3 Å². The summed E-state index contributed by atoms with van der Waals surface area (Å²) >= 11 is 6.03. The van der Waals surface area contributed by atoms with Crippen molar-refractivity contribution in [2.45, 2.75) is 33.2 Å². The Morgan fingerprint density at radius 2 is 2.12 bits per heavy atom. The normalized spacial score (nSPS) is 12.6. The zero-order chi connectivity index (χ0) is 13.0. The highest BCUT2D eigenvalue weighted by molar-refractivity contribution is 6.33. The van der Waals surface area contributed by atoms with Gasteiger partial charge in [-0.1, -0.05) is 31.5 Å². The van der Waals surface area contributed by atoms with Gasteiger partial charge in [0.1, 0.15) is 0 Å². The number of hydrogen-bond donors (Lipinski definition) is 2. The number of nitrogens with one attached hydrogen (secondary N) is 1. The highest BCUT2D eigenvalue weighted by Crippen LogP contribution is 2.22. The maximum absolute atomic E-state index is 11.8. The minimum atomic E-state index is -0.493. The minimum Gasteiger partial charge on any atom is -0.323 e. The van der Waals surface area contributed by atoms with E-state index in [2.05, 4.69) is 5.32 Å². The summed E-state index contributed by atoms with van der Waals surface area (Å²) in [5.41, 5.74) is 7.46. The molecule has 1 aromatic rings. The fraction of sp³-hybridized carbons (Fsp3) is 0.462. The summed E-state index contributed by atoms with van der Waals surface area (Å²) < 4.78 is 0. The largest absolute Gasteiger partial charge is 0.323 e. The Morgan fingerprint density at radius 1 is 1.47 bits per heavy atom. The smallest absolute Gasteiger partial charge is 0.241 e. The van der Waals surface area contributed by atoms with Gasteiger partial charge in [0, 0.05) is 0 Å². The van der Waals surface area contributed by atoms with Crippen molar-refractivity contribution in [2.75, 3.05) is 5.32 Å². The highest BCUT2D eigenvalue weighted by atomic mass is 35.5. The molecule has 94 valence electrons. The zero-order valence-electron chi connectivity index (χ0n) is 10.5. The molecule has 3 N–H and O–H groups in total. The lowest BCUT2D eigenvalue weighted by Crippen LogP contribution is -2.36. The van der Waals surface area contributed by atoms with E-state index in [1.807, 2.05) is 32.9 Å². The molecule has 0 saturated carbocycles. The van der Waals surface area contributed by atoms with E-state index in [0.717, 1.165) is 5.56 Å². The van der Waals surface area contributed by atoms with E-state index in [9.17, 15) is 4.79 Å². The molecular formula is C13H19ClN2O. The van der Waals surface area contributed by atoms with Crippen molar-refractivity contribution in [3.63, 3.8) is 0 Å². The van der Waals surface area contributed by atoms with Gasteiger partial charge in [-0.25, -0.2) is 0 Å². The molecule has 0 aliphatic heterocycles. The lowest BCUT2D eigenvalue weighted by molar-refractivity contribution is -0.117. The van der Waals surface area contributed by atoms with Crippen molar-refractivity contribution in [2.24, 2.45) is 11.7 Å². The van der Waals surface area contributed by atoms with Crippen LogP contribution >= 0.6 is 11.6 Å². The average molecular weight is 255 g/mol. The summed E-state index contributed by atoms with van der Waals surface area (Å²) in [6, 6.07) is 5.01. The predicted octanol–water partition coefficient (Wildman–Crippen LogP) is 2.96. The van der Waals surface area contributed by atoms with Crippen LogP contribution in [0.2, 0.25) is 5.02 Å². The molecule has 0 radical (unpaired) electrons. The van der Waals surface area contributed by atoms with Crippen molar-refractivity contribution in [3.8, 4) is 0 Å². The molecule has 1 aromatic carbocycles. The van der Waals surface area contributed by atoms with Gasteiger partial charge in [-0.05, 0) is 37.0 Å². The number of carbonyl (C=O) groups excluding carboxylic acids is 1. The van der Waals surface area contributed by atoms with Crippen LogP contribution in [0.25, 0.3) is 0 Å². The van der Waals surface area contributed by atoms with E-state index < -0.39 is 6.04 Å². The number of halogens is 1. The number of aryl methyl sites for hydroxylation is 1. The van der Waals surface area contributed by atoms with E-state index in [-0.39, 0.29) is 5.91 Å². The maximum atomic E-state index is 11.8. The Balaban J connectivity index is 2.67. The van der Waals surface area contributed by atoms with E-state index in [0.29, 0.717) is 23.0 Å². The van der Waals surface area contributed by atoms with Crippen LogP contribution in [0.4, 0.5) is 5.69 Å². The van der Waals surface area contributed by atoms with Crippen molar-refractivity contribution < 1.29 is 4.79 Å². The summed E-state index contributed by atoms with van der Waals surface area (Å²) in [6.07, 6.45) is 0.662. The Morgan fingerprint density at radius 3 is 2.65 bits per heavy atom. The van der Waals surface area contributed by atoms with Gasteiger partial charge in [0.25, 0.3) is 0 Å². The molecule has 4 heteroatoms. The second-order valence-electron chi connectivity index (χ2n) is 4.71. The number of amides is 1. The van der Waals surface area contributed by atoms with Crippen LogP contribution in [-0.2, 0) is 4.79 Å². The van der Waals surface area contributed by atoms with Crippen LogP contribution in [0.15, 0.2) is 18.2 Å². The van der Waals surface area contributed by atoms with Gasteiger partial charge >= 0.3 is 0 Å². The molecule has 3 nitrogen and oxygen atoms in total. The molecule has 0 aliphatic rings. The molecular weight excluding hydrogens is 236 g/mol. The number of hydrogen-bond acceptors (Lipinski definition) is 2. The Kier molecular flexibility index (Phi) is 4.97. The Bertz CT molecular complexity index is 404. The van der Waals surface area contributed by atoms with Crippen LogP contribution in [-0.4, -0.2) is 11.9 Å². The van der Waals surface area contributed by atoms with Crippen LogP contribution in [0.3, 0.4) is 0 Å². The van der Waals surface area contributed by atoms with Crippen molar-refractivity contribution in [1.82, 2.24) is 0 Å². The lowest BCUT2D eigenvalue weighted by atomic mass is 10.0. The number of carbonyl (C=O) groups is 1. The standard InChI is InChI=1S/C13H19ClN2O/c1-8(2)6-11(15)13(17)16-12-5-4-9(3)7-10(12)14/h4-5,7-8,11H,6,15H2,1-3H3,(H,16,17). The fourth-order valence-electron chi connectivity index (χ4n) is 1.56. The second-order valence-corrected chi connectivity index (χ2v) is 5.12. The summed E-state index contributed by atoms with van der Waals surface area (Å²) in [5.74, 6) is 0.202. The third-order valence-corrected chi connectivity index (χ3v) is 2.76. The predicted molar refractivity (Wildman–Crippen MR) is 72.2 cm³/mol. The van der Waals surface area contributed by atoms with E-state index in [1.165, 1.54) is 0 Å². The number of rotatable bonds is 4. The van der Waals surface area contributed by atoms with Gasteiger partial charge in [0.2, 0.25) is 5.91 Å². The maximum Gasteiger partial charge on any atom is 0.241 e. The van der Waals surface area contributed by atoms with Crippen LogP contribution in [0.1, 0.15) is 25.8 Å². The van der Waals surface area contributed by atoms with Crippen molar-refractivity contribution in [3.05, 3.63) is 28.8 Å². The molecule has 1 amide bonds. The first kappa shape index (κ1) is 14.0. The van der Waals surface area contributed by atoms with Gasteiger partial charge in [-0.2, -0.15) is 0 Å². The molecule has 1 atom stereocenters. The summed E-state index contributed by atoms with van der Waals surface area (Å²) in [5, 5.41) is 3.28. The van der Waals surface area contributed by atoms with Gasteiger partial charge < -0.3 is 11.1 Å². The van der Waals surface area contributed by atoms with Gasteiger partial charge in [-0.15, -0.1) is 0 Å². The first-order valence-electron chi connectivity index (χ1n) is 5.72. The van der Waals surface area contributed by atoms with Crippen LogP contribution in [0, 0.1) is 12.8 Å². The zero-order valence-corrected chi connectivity index (χ0v) is 11.2. The molecule has 0 bridgehead atoms. The lowest BCUT2D eigenvalue weighted by Gasteiger charge is -2.15. The SMILES string of the molecule is Cc1ccc(NC(=O)C(N)CC(C)C)c(Cl)c1. The van der Waals surface area contributed by atoms with Crippen LogP contribution in [0.5, 0.6) is 0 Å². The molecule has 0 spiro atoms. The molecule has 17 heavy (non-hydrogen) atoms. The first-order chi connectivity index (χ1) is 7.90. The number of benzene rings is 1. The Hall–Kier alpha value is -1.06. The van der Waals surface area contributed by atoms with Gasteiger partial charge in [0.05, 0.1) is 16.8 Å². The average Bonchev–Trinajstić information content (AvgIpc) is 2.21.